The van der Waals surface area contributed by atoms with Crippen LogP contribution in [0.15, 0.2) is 18.2 Å². The van der Waals surface area contributed by atoms with Crippen LogP contribution in [0.1, 0.15) is 28.9 Å². The summed E-state index contributed by atoms with van der Waals surface area (Å²) in [6.45, 7) is 5.19. The lowest BCUT2D eigenvalue weighted by molar-refractivity contribution is -0.121. The number of benzene rings is 1. The topological polar surface area (TPSA) is 76.2 Å². The summed E-state index contributed by atoms with van der Waals surface area (Å²) in [5.41, 5.74) is 4.31. The second kappa shape index (κ2) is 7.59. The van der Waals surface area contributed by atoms with Crippen LogP contribution < -0.4 is 14.8 Å². The van der Waals surface area contributed by atoms with Crippen LogP contribution in [-0.2, 0) is 17.6 Å². The molecule has 134 valence electrons. The Labute approximate surface area is 147 Å². The maximum atomic E-state index is 12.1. The van der Waals surface area contributed by atoms with E-state index in [1.54, 1.807) is 7.11 Å². The Morgan fingerprint density at radius 2 is 2.28 bits per heavy atom. The van der Waals surface area contributed by atoms with Gasteiger partial charge in [0.2, 0.25) is 5.91 Å². The second-order valence-electron chi connectivity index (χ2n) is 6.57. The number of nitrogens with one attached hydrogen (secondary N) is 2. The molecule has 0 fully saturated rings. The van der Waals surface area contributed by atoms with E-state index in [0.29, 0.717) is 31.9 Å². The predicted octanol–water partition coefficient (Wildman–Crippen LogP) is 2.34. The number of methoxy groups -OCH3 is 1. The average Bonchev–Trinajstić information content (AvgIpc) is 2.95. The Bertz CT molecular complexity index is 735. The molecule has 1 amide bonds. The fourth-order valence-electron chi connectivity index (χ4n) is 3.20. The van der Waals surface area contributed by atoms with Gasteiger partial charge in [-0.05, 0) is 43.9 Å². The Kier molecular flexibility index (Phi) is 5.26. The minimum Gasteiger partial charge on any atom is -0.497 e. The van der Waals surface area contributed by atoms with Crippen LogP contribution in [-0.4, -0.2) is 36.4 Å². The van der Waals surface area contributed by atoms with Gasteiger partial charge in [-0.3, -0.25) is 9.89 Å². The lowest BCUT2D eigenvalue weighted by Gasteiger charge is -2.25. The summed E-state index contributed by atoms with van der Waals surface area (Å²) >= 11 is 0. The van der Waals surface area contributed by atoms with Gasteiger partial charge in [-0.2, -0.15) is 5.10 Å². The molecular weight excluding hydrogens is 318 g/mol. The van der Waals surface area contributed by atoms with Crippen LogP contribution in [0, 0.1) is 19.8 Å². The zero-order valence-electron chi connectivity index (χ0n) is 15.0. The van der Waals surface area contributed by atoms with E-state index in [-0.39, 0.29) is 5.91 Å². The van der Waals surface area contributed by atoms with Gasteiger partial charge in [0.1, 0.15) is 11.5 Å². The summed E-state index contributed by atoms with van der Waals surface area (Å²) in [5.74, 6) is 2.05. The van der Waals surface area contributed by atoms with E-state index in [9.17, 15) is 4.79 Å². The van der Waals surface area contributed by atoms with Gasteiger partial charge in [0, 0.05) is 30.6 Å². The Morgan fingerprint density at radius 1 is 1.44 bits per heavy atom. The average molecular weight is 343 g/mol. The van der Waals surface area contributed by atoms with Crippen molar-refractivity contribution in [1.82, 2.24) is 15.5 Å². The smallest absolute Gasteiger partial charge is 0.220 e. The van der Waals surface area contributed by atoms with Crippen molar-refractivity contribution in [3.63, 3.8) is 0 Å². The van der Waals surface area contributed by atoms with Crippen LogP contribution in [0.2, 0.25) is 0 Å². The fraction of sp³-hybridized carbons (Fsp3) is 0.474. The fourth-order valence-corrected chi connectivity index (χ4v) is 3.20. The van der Waals surface area contributed by atoms with Crippen molar-refractivity contribution in [3.8, 4) is 11.5 Å². The van der Waals surface area contributed by atoms with E-state index in [1.165, 1.54) is 0 Å². The van der Waals surface area contributed by atoms with Crippen molar-refractivity contribution >= 4 is 5.91 Å². The molecule has 2 aromatic rings. The van der Waals surface area contributed by atoms with Gasteiger partial charge in [-0.25, -0.2) is 0 Å². The lowest BCUT2D eigenvalue weighted by atomic mass is 9.96. The molecule has 0 spiro atoms. The largest absolute Gasteiger partial charge is 0.497 e. The van der Waals surface area contributed by atoms with Crippen LogP contribution >= 0.6 is 0 Å². The van der Waals surface area contributed by atoms with E-state index >= 15 is 0 Å². The standard InChI is InChI=1S/C19H25N3O3/c1-12-17(13(2)22-21-12)6-7-19(23)20-10-14-8-15-4-5-16(24-3)9-18(15)25-11-14/h4-5,9,14H,6-8,10-11H2,1-3H3,(H,20,23)(H,21,22)/t14-/m1/s1. The number of rotatable bonds is 6. The number of hydrogen-bond donors (Lipinski definition) is 2. The summed E-state index contributed by atoms with van der Waals surface area (Å²) in [6, 6.07) is 5.89. The van der Waals surface area contributed by atoms with Crippen molar-refractivity contribution < 1.29 is 14.3 Å². The number of carbonyl (C=O) groups is 1. The molecule has 0 saturated heterocycles. The number of aryl methyl sites for hydroxylation is 2. The van der Waals surface area contributed by atoms with Gasteiger partial charge in [-0.1, -0.05) is 6.07 Å². The number of fused-ring (bicyclic) bond motifs is 1. The van der Waals surface area contributed by atoms with E-state index in [4.69, 9.17) is 9.47 Å². The van der Waals surface area contributed by atoms with Crippen LogP contribution in [0.4, 0.5) is 0 Å². The van der Waals surface area contributed by atoms with E-state index < -0.39 is 0 Å². The Hall–Kier alpha value is -2.50. The van der Waals surface area contributed by atoms with Crippen molar-refractivity contribution in [2.75, 3.05) is 20.3 Å². The number of H-pyrrole nitrogens is 1. The van der Waals surface area contributed by atoms with Crippen molar-refractivity contribution in [2.24, 2.45) is 5.92 Å². The summed E-state index contributed by atoms with van der Waals surface area (Å²) < 4.78 is 11.0. The number of carbonyl (C=O) groups excluding carboxylic acids is 1. The first-order valence-electron chi connectivity index (χ1n) is 8.63. The highest BCUT2D eigenvalue weighted by Crippen LogP contribution is 2.30. The molecule has 25 heavy (non-hydrogen) atoms. The number of amides is 1. The molecule has 0 radical (unpaired) electrons. The van der Waals surface area contributed by atoms with Gasteiger partial charge < -0.3 is 14.8 Å². The summed E-state index contributed by atoms with van der Waals surface area (Å²) in [4.78, 5) is 12.1. The zero-order valence-corrected chi connectivity index (χ0v) is 15.0. The molecule has 0 saturated carbocycles. The van der Waals surface area contributed by atoms with E-state index in [1.807, 2.05) is 32.0 Å². The summed E-state index contributed by atoms with van der Waals surface area (Å²) in [5, 5.41) is 10.2. The minimum absolute atomic E-state index is 0.0699. The van der Waals surface area contributed by atoms with Gasteiger partial charge >= 0.3 is 0 Å². The molecule has 3 rings (SSSR count). The normalized spacial score (nSPS) is 16.0. The highest BCUT2D eigenvalue weighted by Gasteiger charge is 2.21. The molecule has 1 atom stereocenters. The van der Waals surface area contributed by atoms with Crippen LogP contribution in [0.5, 0.6) is 11.5 Å². The molecule has 0 unspecified atom stereocenters. The maximum absolute atomic E-state index is 12.1. The number of aromatic amines is 1. The lowest BCUT2D eigenvalue weighted by Crippen LogP contribution is -2.34. The predicted molar refractivity (Wildman–Crippen MR) is 95.1 cm³/mol. The van der Waals surface area contributed by atoms with Crippen LogP contribution in [0.3, 0.4) is 0 Å². The quantitative estimate of drug-likeness (QED) is 0.844. The number of aromatic nitrogens is 2. The number of ether oxygens (including phenoxy) is 2. The van der Waals surface area contributed by atoms with Gasteiger partial charge in [0.15, 0.2) is 0 Å². The van der Waals surface area contributed by atoms with Crippen molar-refractivity contribution in [1.29, 1.82) is 0 Å². The van der Waals surface area contributed by atoms with Gasteiger partial charge in [-0.15, -0.1) is 0 Å². The zero-order chi connectivity index (χ0) is 17.8. The molecule has 6 nitrogen and oxygen atoms in total. The molecule has 1 aromatic heterocycles. The third-order valence-corrected chi connectivity index (χ3v) is 4.73. The number of hydrogen-bond acceptors (Lipinski definition) is 4. The summed E-state index contributed by atoms with van der Waals surface area (Å²) in [6.07, 6.45) is 2.09. The third-order valence-electron chi connectivity index (χ3n) is 4.73. The highest BCUT2D eigenvalue weighted by molar-refractivity contribution is 5.76. The first-order valence-corrected chi connectivity index (χ1v) is 8.63. The molecule has 1 aliphatic rings. The molecular formula is C19H25N3O3. The van der Waals surface area contributed by atoms with Gasteiger partial charge in [0.25, 0.3) is 0 Å². The molecule has 0 aliphatic carbocycles. The minimum atomic E-state index is 0.0699. The second-order valence-corrected chi connectivity index (χ2v) is 6.57. The van der Waals surface area contributed by atoms with Gasteiger partial charge in [0.05, 0.1) is 19.4 Å². The molecule has 1 aromatic carbocycles. The SMILES string of the molecule is COc1ccc2c(c1)OC[C@@H](CNC(=O)CCc1c(C)n[nH]c1C)C2. The first-order chi connectivity index (χ1) is 12.1. The molecule has 0 bridgehead atoms. The highest BCUT2D eigenvalue weighted by atomic mass is 16.5. The monoisotopic (exact) mass is 343 g/mol. The molecule has 2 N–H and O–H groups in total. The molecule has 1 aliphatic heterocycles. The molecule has 6 heteroatoms. The third kappa shape index (κ3) is 4.13. The summed E-state index contributed by atoms with van der Waals surface area (Å²) in [7, 11) is 1.65. The number of nitrogens with zero attached hydrogens (tertiary/aromatic N) is 1. The Balaban J connectivity index is 1.46. The first kappa shape index (κ1) is 17.3. The van der Waals surface area contributed by atoms with E-state index in [2.05, 4.69) is 15.5 Å². The van der Waals surface area contributed by atoms with Crippen molar-refractivity contribution in [2.45, 2.75) is 33.1 Å². The Morgan fingerprint density at radius 3 is 3.00 bits per heavy atom. The maximum Gasteiger partial charge on any atom is 0.220 e. The van der Waals surface area contributed by atoms with Crippen LogP contribution in [0.25, 0.3) is 0 Å². The van der Waals surface area contributed by atoms with Crippen molar-refractivity contribution in [3.05, 3.63) is 40.7 Å². The van der Waals surface area contributed by atoms with E-state index in [0.717, 1.165) is 40.4 Å². The molecule has 2 heterocycles.